The van der Waals surface area contributed by atoms with Crippen LogP contribution in [0.15, 0.2) is 64.1 Å². The van der Waals surface area contributed by atoms with Crippen molar-refractivity contribution < 1.29 is 18.9 Å². The first-order valence-electron chi connectivity index (χ1n) is 10.0. The zero-order chi connectivity index (χ0) is 23.3. The van der Waals surface area contributed by atoms with Gasteiger partial charge >= 0.3 is 0 Å². The zero-order valence-corrected chi connectivity index (χ0v) is 18.4. The summed E-state index contributed by atoms with van der Waals surface area (Å²) < 4.78 is 10.9. The first-order valence-corrected chi connectivity index (χ1v) is 10.0. The van der Waals surface area contributed by atoms with Crippen LogP contribution in [-0.2, 0) is 16.6 Å². The molecule has 0 aliphatic carbocycles. The molecule has 1 N–H and O–H groups in total. The van der Waals surface area contributed by atoms with Crippen molar-refractivity contribution in [2.24, 2.45) is 5.10 Å². The Balaban J connectivity index is 1.61. The van der Waals surface area contributed by atoms with E-state index in [4.69, 9.17) is 9.15 Å². The van der Waals surface area contributed by atoms with Gasteiger partial charge in [0.15, 0.2) is 0 Å². The van der Waals surface area contributed by atoms with E-state index in [1.54, 1.807) is 18.2 Å². The number of hydrazone groups is 1. The van der Waals surface area contributed by atoms with E-state index in [2.05, 4.69) is 31.3 Å². The topological polar surface area (TPSA) is 107 Å². The minimum absolute atomic E-state index is 0.0610. The zero-order valence-electron chi connectivity index (χ0n) is 18.4. The Morgan fingerprint density at radius 3 is 2.50 bits per heavy atom. The van der Waals surface area contributed by atoms with Gasteiger partial charge in [-0.2, -0.15) is 5.10 Å². The van der Waals surface area contributed by atoms with Crippen LogP contribution in [0.25, 0.3) is 11.3 Å². The van der Waals surface area contributed by atoms with Crippen LogP contribution < -0.4 is 10.2 Å². The highest BCUT2D eigenvalue weighted by molar-refractivity contribution is 5.82. The van der Waals surface area contributed by atoms with Gasteiger partial charge in [-0.15, -0.1) is 0 Å². The van der Waals surface area contributed by atoms with E-state index in [1.165, 1.54) is 31.0 Å². The fourth-order valence-electron chi connectivity index (χ4n) is 3.08. The third-order valence-electron chi connectivity index (χ3n) is 4.85. The van der Waals surface area contributed by atoms with E-state index in [0.29, 0.717) is 22.8 Å². The summed E-state index contributed by atoms with van der Waals surface area (Å²) in [4.78, 5) is 22.6. The lowest BCUT2D eigenvalue weighted by atomic mass is 9.86. The molecule has 166 valence electrons. The number of hydrogen-bond donors (Lipinski definition) is 1. The van der Waals surface area contributed by atoms with Gasteiger partial charge in [-0.25, -0.2) is 5.43 Å². The molecule has 1 heterocycles. The Morgan fingerprint density at radius 1 is 1.16 bits per heavy atom. The number of carbonyl (C=O) groups excluding carboxylic acids is 1. The van der Waals surface area contributed by atoms with E-state index in [0.717, 1.165) is 5.56 Å². The van der Waals surface area contributed by atoms with E-state index >= 15 is 0 Å². The number of hydrogen-bond acceptors (Lipinski definition) is 6. The van der Waals surface area contributed by atoms with Gasteiger partial charge in [0.2, 0.25) is 5.91 Å². The molecular weight excluding hydrogens is 410 g/mol. The minimum Gasteiger partial charge on any atom is -0.496 e. The van der Waals surface area contributed by atoms with Crippen LogP contribution in [-0.4, -0.2) is 24.2 Å². The number of nitro benzene ring substituents is 1. The lowest BCUT2D eigenvalue weighted by Gasteiger charge is -2.19. The van der Waals surface area contributed by atoms with Crippen LogP contribution in [0.4, 0.5) is 5.69 Å². The predicted molar refractivity (Wildman–Crippen MR) is 122 cm³/mol. The second-order valence-corrected chi connectivity index (χ2v) is 8.26. The molecule has 0 spiro atoms. The van der Waals surface area contributed by atoms with E-state index < -0.39 is 4.92 Å². The fourth-order valence-corrected chi connectivity index (χ4v) is 3.08. The Morgan fingerprint density at radius 2 is 1.88 bits per heavy atom. The second kappa shape index (κ2) is 9.47. The Hall–Kier alpha value is -3.94. The molecular formula is C24H25N3O5. The summed E-state index contributed by atoms with van der Waals surface area (Å²) in [7, 11) is 1.43. The summed E-state index contributed by atoms with van der Waals surface area (Å²) in [5.74, 6) is 0.954. The van der Waals surface area contributed by atoms with Gasteiger partial charge in [-0.05, 0) is 34.7 Å². The molecule has 8 nitrogen and oxygen atoms in total. The quantitative estimate of drug-likeness (QED) is 0.324. The monoisotopic (exact) mass is 435 g/mol. The van der Waals surface area contributed by atoms with E-state index in [1.807, 2.05) is 24.3 Å². The molecule has 1 aromatic heterocycles. The summed E-state index contributed by atoms with van der Waals surface area (Å²) in [6, 6.07) is 15.6. The van der Waals surface area contributed by atoms with Gasteiger partial charge in [0.05, 0.1) is 36.3 Å². The molecule has 8 heteroatoms. The molecule has 3 aromatic rings. The number of rotatable bonds is 7. The Labute approximate surface area is 186 Å². The smallest absolute Gasteiger partial charge is 0.273 e. The number of amides is 1. The minimum atomic E-state index is -0.492. The van der Waals surface area contributed by atoms with Crippen molar-refractivity contribution in [1.82, 2.24) is 5.43 Å². The maximum absolute atomic E-state index is 12.2. The SMILES string of the molecule is COc1cc([N+](=O)[O-])ccc1-c1ccc(/C=N\NC(=O)Cc2ccc(C(C)(C)C)cc2)o1. The number of non-ortho nitro benzene ring substituents is 1. The van der Waals surface area contributed by atoms with Gasteiger partial charge in [0.25, 0.3) is 5.69 Å². The van der Waals surface area contributed by atoms with Gasteiger partial charge in [0.1, 0.15) is 17.3 Å². The molecule has 0 atom stereocenters. The van der Waals surface area contributed by atoms with Crippen molar-refractivity contribution in [3.8, 4) is 17.1 Å². The van der Waals surface area contributed by atoms with Crippen molar-refractivity contribution in [3.05, 3.63) is 81.6 Å². The molecule has 0 saturated carbocycles. The molecule has 1 amide bonds. The van der Waals surface area contributed by atoms with Gasteiger partial charge < -0.3 is 9.15 Å². The van der Waals surface area contributed by atoms with Gasteiger partial charge in [-0.1, -0.05) is 45.0 Å². The number of nitrogens with zero attached hydrogens (tertiary/aromatic N) is 2. The van der Waals surface area contributed by atoms with Crippen LogP contribution in [0, 0.1) is 10.1 Å². The number of methoxy groups -OCH3 is 1. The highest BCUT2D eigenvalue weighted by Gasteiger charge is 2.15. The molecule has 0 aliphatic rings. The molecule has 0 saturated heterocycles. The van der Waals surface area contributed by atoms with Crippen LogP contribution in [0.1, 0.15) is 37.7 Å². The highest BCUT2D eigenvalue weighted by atomic mass is 16.6. The standard InChI is InChI=1S/C24H25N3O5/c1-24(2,3)17-7-5-16(6-8-17)13-23(28)26-25-15-19-10-12-21(32-19)20-11-9-18(27(29)30)14-22(20)31-4/h5-12,14-15H,13H2,1-4H3,(H,26,28)/b25-15-. The summed E-state index contributed by atoms with van der Waals surface area (Å²) in [5, 5.41) is 14.9. The summed E-state index contributed by atoms with van der Waals surface area (Å²) in [6.45, 7) is 6.42. The number of furan rings is 1. The van der Waals surface area contributed by atoms with Crippen molar-refractivity contribution in [1.29, 1.82) is 0 Å². The van der Waals surface area contributed by atoms with Crippen molar-refractivity contribution in [2.45, 2.75) is 32.6 Å². The Kier molecular flexibility index (Phi) is 6.73. The predicted octanol–water partition coefficient (Wildman–Crippen LogP) is 4.85. The van der Waals surface area contributed by atoms with Crippen LogP contribution in [0.2, 0.25) is 0 Å². The fraction of sp³-hybridized carbons (Fsp3) is 0.250. The second-order valence-electron chi connectivity index (χ2n) is 8.26. The maximum Gasteiger partial charge on any atom is 0.273 e. The van der Waals surface area contributed by atoms with Gasteiger partial charge in [0, 0.05) is 6.07 Å². The lowest BCUT2D eigenvalue weighted by Crippen LogP contribution is -2.20. The molecule has 0 aliphatic heterocycles. The molecule has 0 unspecified atom stereocenters. The van der Waals surface area contributed by atoms with Crippen LogP contribution in [0.3, 0.4) is 0 Å². The normalized spacial score (nSPS) is 11.5. The number of nitrogens with one attached hydrogen (secondary N) is 1. The average molecular weight is 435 g/mol. The molecule has 32 heavy (non-hydrogen) atoms. The summed E-state index contributed by atoms with van der Waals surface area (Å²) in [5.41, 5.74) is 5.15. The largest absolute Gasteiger partial charge is 0.496 e. The number of carbonyl (C=O) groups is 1. The van der Waals surface area contributed by atoms with Gasteiger partial charge in [-0.3, -0.25) is 14.9 Å². The van der Waals surface area contributed by atoms with Crippen molar-refractivity contribution >= 4 is 17.8 Å². The molecule has 0 radical (unpaired) electrons. The van der Waals surface area contributed by atoms with Crippen LogP contribution >= 0.6 is 0 Å². The average Bonchev–Trinajstić information content (AvgIpc) is 3.21. The first-order chi connectivity index (χ1) is 15.2. The molecule has 0 fully saturated rings. The van der Waals surface area contributed by atoms with E-state index in [-0.39, 0.29) is 23.4 Å². The lowest BCUT2D eigenvalue weighted by molar-refractivity contribution is -0.384. The highest BCUT2D eigenvalue weighted by Crippen LogP contribution is 2.34. The molecule has 2 aromatic carbocycles. The first kappa shape index (κ1) is 22.7. The van der Waals surface area contributed by atoms with Crippen molar-refractivity contribution in [3.63, 3.8) is 0 Å². The summed E-state index contributed by atoms with van der Waals surface area (Å²) in [6.07, 6.45) is 1.60. The van der Waals surface area contributed by atoms with E-state index in [9.17, 15) is 14.9 Å². The Bertz CT molecular complexity index is 1140. The molecule has 0 bridgehead atoms. The molecule has 3 rings (SSSR count). The maximum atomic E-state index is 12.2. The number of ether oxygens (including phenoxy) is 1. The summed E-state index contributed by atoms with van der Waals surface area (Å²) >= 11 is 0. The van der Waals surface area contributed by atoms with Crippen LogP contribution in [0.5, 0.6) is 5.75 Å². The van der Waals surface area contributed by atoms with Crippen molar-refractivity contribution in [2.75, 3.05) is 7.11 Å². The number of nitro groups is 1. The third kappa shape index (κ3) is 5.60. The number of benzene rings is 2. The third-order valence-corrected chi connectivity index (χ3v) is 4.85.